The van der Waals surface area contributed by atoms with Crippen molar-refractivity contribution in [1.29, 1.82) is 0 Å². The molecule has 0 radical (unpaired) electrons. The van der Waals surface area contributed by atoms with Gasteiger partial charge in [0.15, 0.2) is 5.58 Å². The molecule has 0 spiro atoms. The Morgan fingerprint density at radius 2 is 1.78 bits per heavy atom. The monoisotopic (exact) mass is 509 g/mol. The first-order chi connectivity index (χ1) is 17.4. The average Bonchev–Trinajstić information content (AvgIpc) is 3.18. The van der Waals surface area contributed by atoms with Crippen LogP contribution in [0.3, 0.4) is 0 Å². The van der Waals surface area contributed by atoms with E-state index in [0.717, 1.165) is 17.5 Å². The minimum Gasteiger partial charge on any atom is -0.444 e. The minimum absolute atomic E-state index is 0.00688. The van der Waals surface area contributed by atoms with Crippen molar-refractivity contribution in [2.45, 2.75) is 84.5 Å². The molecule has 0 aliphatic rings. The van der Waals surface area contributed by atoms with Crippen LogP contribution in [0.2, 0.25) is 0 Å². The fourth-order valence-corrected chi connectivity index (χ4v) is 4.40. The number of ether oxygens (including phenoxy) is 1. The van der Waals surface area contributed by atoms with Crippen LogP contribution >= 0.6 is 0 Å². The maximum absolute atomic E-state index is 12.6. The summed E-state index contributed by atoms with van der Waals surface area (Å²) in [6.45, 7) is 11.1. The van der Waals surface area contributed by atoms with Crippen LogP contribution in [0.1, 0.15) is 71.4 Å². The van der Waals surface area contributed by atoms with Gasteiger partial charge in [-0.15, -0.1) is 0 Å². The number of rotatable bonds is 10. The zero-order valence-corrected chi connectivity index (χ0v) is 22.6. The van der Waals surface area contributed by atoms with Crippen molar-refractivity contribution in [3.05, 3.63) is 59.7 Å². The van der Waals surface area contributed by atoms with Crippen LogP contribution in [0.15, 0.2) is 52.9 Å². The molecule has 200 valence electrons. The summed E-state index contributed by atoms with van der Waals surface area (Å²) in [5, 5.41) is 16.9. The van der Waals surface area contributed by atoms with E-state index in [2.05, 4.69) is 29.5 Å². The Bertz CT molecular complexity index is 1180. The molecule has 0 fully saturated rings. The second-order valence-electron chi connectivity index (χ2n) is 11.0. The Hall–Kier alpha value is -3.39. The number of hydrogen-bond acceptors (Lipinski definition) is 6. The van der Waals surface area contributed by atoms with E-state index in [1.807, 2.05) is 69.3 Å². The fraction of sp³-hybridized carbons (Fsp3) is 0.483. The number of nitrogens with zero attached hydrogens (tertiary/aromatic N) is 1. The third kappa shape index (κ3) is 8.89. The molecule has 1 unspecified atom stereocenters. The van der Waals surface area contributed by atoms with Gasteiger partial charge in [0, 0.05) is 6.92 Å². The number of alkyl carbamates (subject to hydrolysis) is 1. The van der Waals surface area contributed by atoms with Crippen molar-refractivity contribution in [2.75, 3.05) is 5.32 Å². The molecule has 0 saturated heterocycles. The Morgan fingerprint density at radius 1 is 1.08 bits per heavy atom. The second-order valence-corrected chi connectivity index (χ2v) is 11.0. The van der Waals surface area contributed by atoms with Gasteiger partial charge in [0.05, 0.1) is 12.1 Å². The number of anilines is 1. The lowest BCUT2D eigenvalue weighted by Crippen LogP contribution is -2.47. The zero-order chi connectivity index (χ0) is 27.2. The van der Waals surface area contributed by atoms with Crippen LogP contribution in [0.4, 0.5) is 10.8 Å². The van der Waals surface area contributed by atoms with Gasteiger partial charge in [-0.3, -0.25) is 10.1 Å². The molecule has 1 heterocycles. The molecule has 37 heavy (non-hydrogen) atoms. The van der Waals surface area contributed by atoms with E-state index in [1.54, 1.807) is 0 Å². The number of carbonyl (C=O) groups is 2. The fourth-order valence-electron chi connectivity index (χ4n) is 4.40. The molecule has 3 rings (SSSR count). The smallest absolute Gasteiger partial charge is 0.407 e. The quantitative estimate of drug-likeness (QED) is 0.318. The first-order valence-electron chi connectivity index (χ1n) is 12.8. The van der Waals surface area contributed by atoms with Gasteiger partial charge in [0.25, 0.3) is 0 Å². The van der Waals surface area contributed by atoms with Crippen molar-refractivity contribution in [3.63, 3.8) is 0 Å². The zero-order valence-electron chi connectivity index (χ0n) is 22.6. The summed E-state index contributed by atoms with van der Waals surface area (Å²) in [6, 6.07) is 15.2. The van der Waals surface area contributed by atoms with E-state index in [9.17, 15) is 14.7 Å². The third-order valence-corrected chi connectivity index (χ3v) is 5.91. The molecule has 2 amide bonds. The summed E-state index contributed by atoms with van der Waals surface area (Å²) >= 11 is 0. The number of hydrogen-bond donors (Lipinski definition) is 3. The largest absolute Gasteiger partial charge is 0.444 e. The average molecular weight is 510 g/mol. The number of aliphatic hydroxyl groups excluding tert-OH is 1. The topological polar surface area (TPSA) is 114 Å². The summed E-state index contributed by atoms with van der Waals surface area (Å²) in [5.41, 5.74) is 2.58. The number of fused-ring (bicyclic) bond motifs is 1. The molecule has 0 saturated carbocycles. The molecule has 1 aromatic heterocycles. The first kappa shape index (κ1) is 28.2. The summed E-state index contributed by atoms with van der Waals surface area (Å²) in [7, 11) is 0. The number of amides is 2. The Labute approximate surface area is 218 Å². The SMILES string of the molecule is CC(=O)Nc1nc2ccc(C(CC(C)C)C[C@@H](O)[C@H](Cc3ccccc3)NC(=O)OC(C)(C)C)cc2o1. The molecule has 8 nitrogen and oxygen atoms in total. The van der Waals surface area contributed by atoms with Crippen LogP contribution in [0.25, 0.3) is 11.1 Å². The van der Waals surface area contributed by atoms with Crippen LogP contribution < -0.4 is 10.6 Å². The highest BCUT2D eigenvalue weighted by molar-refractivity contribution is 5.88. The molecule has 0 aliphatic heterocycles. The summed E-state index contributed by atoms with van der Waals surface area (Å²) in [6.07, 6.45) is 0.360. The number of nitrogens with one attached hydrogen (secondary N) is 2. The predicted octanol–water partition coefficient (Wildman–Crippen LogP) is 5.80. The van der Waals surface area contributed by atoms with E-state index in [0.29, 0.717) is 29.9 Å². The van der Waals surface area contributed by atoms with Crippen molar-refractivity contribution in [2.24, 2.45) is 5.92 Å². The minimum atomic E-state index is -0.822. The lowest BCUT2D eigenvalue weighted by atomic mass is 9.83. The van der Waals surface area contributed by atoms with E-state index in [-0.39, 0.29) is 17.8 Å². The highest BCUT2D eigenvalue weighted by Gasteiger charge is 2.28. The van der Waals surface area contributed by atoms with Gasteiger partial charge in [-0.2, -0.15) is 4.98 Å². The van der Waals surface area contributed by atoms with Crippen LogP contribution in [-0.4, -0.2) is 39.8 Å². The summed E-state index contributed by atoms with van der Waals surface area (Å²) in [5.74, 6) is 0.130. The molecular formula is C29H39N3O5. The second kappa shape index (κ2) is 12.2. The van der Waals surface area contributed by atoms with E-state index >= 15 is 0 Å². The van der Waals surface area contributed by atoms with Gasteiger partial charge >= 0.3 is 12.1 Å². The number of carbonyl (C=O) groups excluding carboxylic acids is 2. The molecular weight excluding hydrogens is 470 g/mol. The third-order valence-electron chi connectivity index (χ3n) is 5.91. The molecule has 8 heteroatoms. The highest BCUT2D eigenvalue weighted by atomic mass is 16.6. The predicted molar refractivity (Wildman–Crippen MR) is 144 cm³/mol. The highest BCUT2D eigenvalue weighted by Crippen LogP contribution is 2.32. The van der Waals surface area contributed by atoms with Gasteiger partial charge in [0.2, 0.25) is 5.91 Å². The molecule has 0 bridgehead atoms. The Balaban J connectivity index is 1.84. The summed E-state index contributed by atoms with van der Waals surface area (Å²) < 4.78 is 11.2. The van der Waals surface area contributed by atoms with Gasteiger partial charge in [-0.05, 0) is 75.1 Å². The maximum atomic E-state index is 12.6. The lowest BCUT2D eigenvalue weighted by Gasteiger charge is -2.30. The molecule has 0 aliphatic carbocycles. The van der Waals surface area contributed by atoms with Gasteiger partial charge < -0.3 is 19.6 Å². The van der Waals surface area contributed by atoms with Crippen molar-refractivity contribution < 1.29 is 23.8 Å². The Morgan fingerprint density at radius 3 is 2.41 bits per heavy atom. The number of aliphatic hydroxyl groups is 1. The summed E-state index contributed by atoms with van der Waals surface area (Å²) in [4.78, 5) is 28.3. The van der Waals surface area contributed by atoms with Crippen molar-refractivity contribution in [1.82, 2.24) is 10.3 Å². The lowest BCUT2D eigenvalue weighted by molar-refractivity contribution is -0.114. The standard InChI is InChI=1S/C29H39N3O5/c1-18(2)14-22(21-12-13-23-26(17-21)36-27(31-23)30-19(3)33)16-25(34)24(15-20-10-8-7-9-11-20)32-28(35)37-29(4,5)6/h7-13,17-18,22,24-25,34H,14-16H2,1-6H3,(H,32,35)(H,30,31,33)/t22?,24-,25+/m0/s1. The van der Waals surface area contributed by atoms with E-state index in [4.69, 9.17) is 9.15 Å². The molecule has 3 N–H and O–H groups in total. The van der Waals surface area contributed by atoms with E-state index < -0.39 is 23.8 Å². The molecule has 3 atom stereocenters. The van der Waals surface area contributed by atoms with Crippen LogP contribution in [-0.2, 0) is 16.0 Å². The maximum Gasteiger partial charge on any atom is 0.407 e. The van der Waals surface area contributed by atoms with Crippen molar-refractivity contribution >= 4 is 29.1 Å². The first-order valence-corrected chi connectivity index (χ1v) is 12.8. The number of aromatic nitrogens is 1. The van der Waals surface area contributed by atoms with Gasteiger partial charge in [-0.1, -0.05) is 50.2 Å². The van der Waals surface area contributed by atoms with Crippen molar-refractivity contribution in [3.8, 4) is 0 Å². The Kier molecular flexibility index (Phi) is 9.32. The normalized spacial score (nSPS) is 14.3. The van der Waals surface area contributed by atoms with E-state index in [1.165, 1.54) is 6.92 Å². The van der Waals surface area contributed by atoms with Gasteiger partial charge in [-0.25, -0.2) is 4.79 Å². The molecule has 3 aromatic rings. The van der Waals surface area contributed by atoms with Crippen LogP contribution in [0.5, 0.6) is 0 Å². The van der Waals surface area contributed by atoms with Crippen LogP contribution in [0, 0.1) is 5.92 Å². The van der Waals surface area contributed by atoms with Gasteiger partial charge in [0.1, 0.15) is 11.1 Å². The molecule has 2 aromatic carbocycles. The number of oxazole rings is 1. The number of benzene rings is 2.